The van der Waals surface area contributed by atoms with E-state index in [1.165, 1.54) is 18.2 Å². The summed E-state index contributed by atoms with van der Waals surface area (Å²) in [6, 6.07) is 4.88. The van der Waals surface area contributed by atoms with E-state index in [-0.39, 0.29) is 12.1 Å². The second kappa shape index (κ2) is 6.26. The van der Waals surface area contributed by atoms with Crippen molar-refractivity contribution in [1.29, 1.82) is 0 Å². The van der Waals surface area contributed by atoms with Gasteiger partial charge >= 0.3 is 0 Å². The predicted octanol–water partition coefficient (Wildman–Crippen LogP) is 3.94. The fourth-order valence-electron chi connectivity index (χ4n) is 1.70. The molecule has 0 heterocycles. The first-order valence-corrected chi connectivity index (χ1v) is 6.54. The molecule has 2 rings (SSSR count). The maximum atomic E-state index is 13.5. The summed E-state index contributed by atoms with van der Waals surface area (Å²) in [6.45, 7) is -0.264. The lowest BCUT2D eigenvalue weighted by atomic mass is 10.1. The number of carbonyl (C=O) groups is 1. The molecule has 0 spiro atoms. The van der Waals surface area contributed by atoms with Crippen LogP contribution >= 0.6 is 15.9 Å². The minimum Gasteiger partial charge on any atom is -0.348 e. The minimum absolute atomic E-state index is 0.139. The number of hydrogen-bond donors (Lipinski definition) is 1. The number of hydrogen-bond acceptors (Lipinski definition) is 1. The van der Waals surface area contributed by atoms with E-state index in [9.17, 15) is 22.4 Å². The molecule has 110 valence electrons. The molecule has 1 N–H and O–H groups in total. The summed E-state index contributed by atoms with van der Waals surface area (Å²) in [5.74, 6) is -5.43. The van der Waals surface area contributed by atoms with Gasteiger partial charge in [0, 0.05) is 28.7 Å². The molecule has 2 nitrogen and oxygen atoms in total. The molecule has 0 saturated carbocycles. The van der Waals surface area contributed by atoms with E-state index >= 15 is 0 Å². The van der Waals surface area contributed by atoms with E-state index in [2.05, 4.69) is 21.2 Å². The third-order valence-electron chi connectivity index (χ3n) is 2.68. The molecule has 0 radical (unpaired) electrons. The van der Waals surface area contributed by atoms with Crippen LogP contribution in [0.4, 0.5) is 17.6 Å². The van der Waals surface area contributed by atoms with E-state index in [0.717, 1.165) is 0 Å². The minimum atomic E-state index is -1.32. The SMILES string of the molecule is O=C(NCc1cc(Br)ccc1F)c1c(F)cc(F)cc1F. The van der Waals surface area contributed by atoms with Gasteiger partial charge in [0.1, 0.15) is 28.8 Å². The number of nitrogens with one attached hydrogen (secondary N) is 1. The normalized spacial score (nSPS) is 10.5. The molecule has 0 saturated heterocycles. The topological polar surface area (TPSA) is 29.1 Å². The lowest BCUT2D eigenvalue weighted by Gasteiger charge is -2.08. The number of rotatable bonds is 3. The van der Waals surface area contributed by atoms with E-state index in [4.69, 9.17) is 0 Å². The molecule has 2 aromatic carbocycles. The Morgan fingerprint density at radius 1 is 1.00 bits per heavy atom. The molecule has 0 fully saturated rings. The van der Waals surface area contributed by atoms with Crippen LogP contribution in [0.25, 0.3) is 0 Å². The van der Waals surface area contributed by atoms with Gasteiger partial charge in [-0.25, -0.2) is 17.6 Å². The zero-order chi connectivity index (χ0) is 15.6. The Morgan fingerprint density at radius 3 is 2.24 bits per heavy atom. The van der Waals surface area contributed by atoms with Gasteiger partial charge in [0.05, 0.1) is 0 Å². The Bertz CT molecular complexity index is 682. The van der Waals surface area contributed by atoms with Crippen molar-refractivity contribution in [3.8, 4) is 0 Å². The van der Waals surface area contributed by atoms with Crippen LogP contribution in [0.5, 0.6) is 0 Å². The van der Waals surface area contributed by atoms with Gasteiger partial charge in [-0.3, -0.25) is 4.79 Å². The van der Waals surface area contributed by atoms with Crippen molar-refractivity contribution in [2.45, 2.75) is 6.54 Å². The molecule has 0 unspecified atom stereocenters. The molecule has 2 aromatic rings. The lowest BCUT2D eigenvalue weighted by molar-refractivity contribution is 0.0942. The van der Waals surface area contributed by atoms with Crippen molar-refractivity contribution in [3.05, 3.63) is 69.2 Å². The summed E-state index contributed by atoms with van der Waals surface area (Å²) in [4.78, 5) is 11.7. The zero-order valence-electron chi connectivity index (χ0n) is 10.4. The Labute approximate surface area is 125 Å². The Hall–Kier alpha value is -1.89. The maximum Gasteiger partial charge on any atom is 0.257 e. The van der Waals surface area contributed by atoms with Gasteiger partial charge in [-0.2, -0.15) is 0 Å². The standard InChI is InChI=1S/C14H8BrF4NO/c15-8-1-2-10(17)7(3-8)6-20-14(21)13-11(18)4-9(16)5-12(13)19/h1-5H,6H2,(H,20,21). The van der Waals surface area contributed by atoms with E-state index in [1.807, 2.05) is 0 Å². The number of amides is 1. The van der Waals surface area contributed by atoms with E-state index in [1.54, 1.807) is 0 Å². The highest BCUT2D eigenvalue weighted by molar-refractivity contribution is 9.10. The molecule has 0 aromatic heterocycles. The van der Waals surface area contributed by atoms with Crippen molar-refractivity contribution >= 4 is 21.8 Å². The first-order valence-electron chi connectivity index (χ1n) is 5.75. The summed E-state index contributed by atoms with van der Waals surface area (Å²) in [5, 5.41) is 2.18. The van der Waals surface area contributed by atoms with Crippen molar-refractivity contribution < 1.29 is 22.4 Å². The smallest absolute Gasteiger partial charge is 0.257 e. The average Bonchev–Trinajstić information content (AvgIpc) is 2.38. The van der Waals surface area contributed by atoms with Crippen LogP contribution in [0.2, 0.25) is 0 Å². The first-order chi connectivity index (χ1) is 9.88. The maximum absolute atomic E-state index is 13.5. The molecule has 0 aliphatic heterocycles. The molecule has 0 aliphatic carbocycles. The van der Waals surface area contributed by atoms with Gasteiger partial charge in [-0.15, -0.1) is 0 Å². The summed E-state index contributed by atoms with van der Waals surface area (Å²) in [6.07, 6.45) is 0. The summed E-state index contributed by atoms with van der Waals surface area (Å²) < 4.78 is 53.6. The van der Waals surface area contributed by atoms with Crippen molar-refractivity contribution in [3.63, 3.8) is 0 Å². The van der Waals surface area contributed by atoms with Crippen LogP contribution in [-0.4, -0.2) is 5.91 Å². The van der Waals surface area contributed by atoms with Gasteiger partial charge in [0.25, 0.3) is 5.91 Å². The number of halogens is 5. The van der Waals surface area contributed by atoms with E-state index in [0.29, 0.717) is 16.6 Å². The molecular weight excluding hydrogens is 354 g/mol. The summed E-state index contributed by atoms with van der Waals surface area (Å²) in [5.41, 5.74) is -0.771. The molecular formula is C14H8BrF4NO. The lowest BCUT2D eigenvalue weighted by Crippen LogP contribution is -2.25. The fraction of sp³-hybridized carbons (Fsp3) is 0.0714. The Balaban J connectivity index is 2.18. The monoisotopic (exact) mass is 361 g/mol. The third-order valence-corrected chi connectivity index (χ3v) is 3.17. The second-order valence-electron chi connectivity index (χ2n) is 4.16. The van der Waals surface area contributed by atoms with Crippen LogP contribution in [0.1, 0.15) is 15.9 Å². The number of carbonyl (C=O) groups excluding carboxylic acids is 1. The number of benzene rings is 2. The zero-order valence-corrected chi connectivity index (χ0v) is 12.0. The average molecular weight is 362 g/mol. The highest BCUT2D eigenvalue weighted by Gasteiger charge is 2.19. The highest BCUT2D eigenvalue weighted by Crippen LogP contribution is 2.17. The van der Waals surface area contributed by atoms with Crippen molar-refractivity contribution in [2.24, 2.45) is 0 Å². The molecule has 0 atom stereocenters. The van der Waals surface area contributed by atoms with Gasteiger partial charge in [0.2, 0.25) is 0 Å². The van der Waals surface area contributed by atoms with Gasteiger partial charge in [-0.05, 0) is 18.2 Å². The van der Waals surface area contributed by atoms with E-state index < -0.39 is 34.7 Å². The molecule has 21 heavy (non-hydrogen) atoms. The molecule has 7 heteroatoms. The van der Waals surface area contributed by atoms with Gasteiger partial charge in [0.15, 0.2) is 0 Å². The predicted molar refractivity (Wildman–Crippen MR) is 71.6 cm³/mol. The molecule has 0 aliphatic rings. The molecule has 1 amide bonds. The first kappa shape index (κ1) is 15.5. The third kappa shape index (κ3) is 3.60. The van der Waals surface area contributed by atoms with Crippen LogP contribution in [0, 0.1) is 23.3 Å². The summed E-state index contributed by atoms with van der Waals surface area (Å²) >= 11 is 3.14. The largest absolute Gasteiger partial charge is 0.348 e. The van der Waals surface area contributed by atoms with Crippen LogP contribution < -0.4 is 5.32 Å². The Kier molecular flexibility index (Phi) is 4.62. The molecule has 0 bridgehead atoms. The quantitative estimate of drug-likeness (QED) is 0.824. The van der Waals surface area contributed by atoms with Crippen molar-refractivity contribution in [2.75, 3.05) is 0 Å². The van der Waals surface area contributed by atoms with Gasteiger partial charge in [-0.1, -0.05) is 15.9 Å². The second-order valence-corrected chi connectivity index (χ2v) is 5.08. The summed E-state index contributed by atoms with van der Waals surface area (Å²) in [7, 11) is 0. The van der Waals surface area contributed by atoms with Crippen LogP contribution in [0.15, 0.2) is 34.8 Å². The van der Waals surface area contributed by atoms with Crippen molar-refractivity contribution in [1.82, 2.24) is 5.32 Å². The van der Waals surface area contributed by atoms with Gasteiger partial charge < -0.3 is 5.32 Å². The van der Waals surface area contributed by atoms with Crippen LogP contribution in [0.3, 0.4) is 0 Å². The highest BCUT2D eigenvalue weighted by atomic mass is 79.9. The fourth-order valence-corrected chi connectivity index (χ4v) is 2.11. The Morgan fingerprint density at radius 2 is 1.62 bits per heavy atom. The van der Waals surface area contributed by atoms with Crippen LogP contribution in [-0.2, 0) is 6.54 Å².